The quantitative estimate of drug-likeness (QED) is 0.786. The lowest BCUT2D eigenvalue weighted by Gasteiger charge is -2.25. The number of anilines is 2. The van der Waals surface area contributed by atoms with Crippen LogP contribution in [0.2, 0.25) is 5.15 Å². The first-order valence-electron chi connectivity index (χ1n) is 7.03. The molecule has 4 heteroatoms. The summed E-state index contributed by atoms with van der Waals surface area (Å²) < 4.78 is 0. The number of aromatic nitrogens is 2. The minimum absolute atomic E-state index is 0.495. The molecule has 1 aliphatic rings. The van der Waals surface area contributed by atoms with E-state index in [-0.39, 0.29) is 0 Å². The van der Waals surface area contributed by atoms with Gasteiger partial charge in [0.1, 0.15) is 0 Å². The monoisotopic (exact) mass is 287 g/mol. The van der Waals surface area contributed by atoms with Gasteiger partial charge in [-0.2, -0.15) is 0 Å². The van der Waals surface area contributed by atoms with Gasteiger partial charge in [0.15, 0.2) is 11.0 Å². The van der Waals surface area contributed by atoms with Gasteiger partial charge in [0.25, 0.3) is 0 Å². The molecule has 0 saturated carbocycles. The fourth-order valence-electron chi connectivity index (χ4n) is 2.73. The second-order valence-corrected chi connectivity index (χ2v) is 5.66. The molecule has 20 heavy (non-hydrogen) atoms. The van der Waals surface area contributed by atoms with Crippen molar-refractivity contribution in [2.45, 2.75) is 33.1 Å². The highest BCUT2D eigenvalue weighted by Gasteiger charge is 2.20. The van der Waals surface area contributed by atoms with Crippen LogP contribution < -0.4 is 4.90 Å². The Morgan fingerprint density at radius 1 is 1.05 bits per heavy atom. The van der Waals surface area contributed by atoms with E-state index in [2.05, 4.69) is 46.3 Å². The molecule has 0 fully saturated rings. The van der Waals surface area contributed by atoms with E-state index in [9.17, 15) is 0 Å². The number of fused-ring (bicyclic) bond motifs is 1. The Balaban J connectivity index is 2.13. The Morgan fingerprint density at radius 2 is 1.85 bits per heavy atom. The molecule has 0 amide bonds. The average Bonchev–Trinajstić information content (AvgIpc) is 2.68. The molecule has 3 rings (SSSR count). The van der Waals surface area contributed by atoms with Gasteiger partial charge in [-0.05, 0) is 55.9 Å². The van der Waals surface area contributed by atoms with Gasteiger partial charge in [-0.15, -0.1) is 10.2 Å². The van der Waals surface area contributed by atoms with E-state index >= 15 is 0 Å². The Morgan fingerprint density at radius 3 is 2.70 bits per heavy atom. The van der Waals surface area contributed by atoms with E-state index in [0.29, 0.717) is 5.15 Å². The molecule has 0 radical (unpaired) electrons. The minimum Gasteiger partial charge on any atom is -0.324 e. The lowest BCUT2D eigenvalue weighted by atomic mass is 10.1. The van der Waals surface area contributed by atoms with Crippen molar-refractivity contribution in [2.24, 2.45) is 0 Å². The second-order valence-electron chi connectivity index (χ2n) is 5.30. The van der Waals surface area contributed by atoms with Crippen LogP contribution in [0.25, 0.3) is 0 Å². The van der Waals surface area contributed by atoms with Crippen LogP contribution in [-0.4, -0.2) is 16.7 Å². The third kappa shape index (κ3) is 2.27. The van der Waals surface area contributed by atoms with Gasteiger partial charge in [-0.25, -0.2) is 0 Å². The molecule has 0 unspecified atom stereocenters. The van der Waals surface area contributed by atoms with Crippen molar-refractivity contribution in [3.05, 3.63) is 46.1 Å². The first-order valence-corrected chi connectivity index (χ1v) is 7.41. The lowest BCUT2D eigenvalue weighted by Crippen LogP contribution is -2.21. The topological polar surface area (TPSA) is 29.0 Å². The highest BCUT2D eigenvalue weighted by Crippen LogP contribution is 2.34. The largest absolute Gasteiger partial charge is 0.324 e. The fraction of sp³-hybridized carbons (Fsp3) is 0.375. The second kappa shape index (κ2) is 5.41. The molecule has 0 spiro atoms. The Hall–Kier alpha value is -1.61. The summed E-state index contributed by atoms with van der Waals surface area (Å²) in [5.74, 6) is 0.932. The summed E-state index contributed by atoms with van der Waals surface area (Å²) in [6.45, 7) is 5.05. The summed E-state index contributed by atoms with van der Waals surface area (Å²) in [6, 6.07) is 8.57. The van der Waals surface area contributed by atoms with E-state index in [1.54, 1.807) is 0 Å². The molecule has 104 valence electrons. The summed E-state index contributed by atoms with van der Waals surface area (Å²) in [6.07, 6.45) is 3.51. The highest BCUT2D eigenvalue weighted by molar-refractivity contribution is 6.30. The maximum atomic E-state index is 6.07. The molecule has 0 bridgehead atoms. The van der Waals surface area contributed by atoms with Crippen LogP contribution in [0.15, 0.2) is 24.3 Å². The molecule has 0 N–H and O–H groups in total. The van der Waals surface area contributed by atoms with Crippen LogP contribution in [-0.2, 0) is 6.42 Å². The average molecular weight is 288 g/mol. The smallest absolute Gasteiger partial charge is 0.159 e. The van der Waals surface area contributed by atoms with Crippen LogP contribution in [0.5, 0.6) is 0 Å². The number of hydrogen-bond acceptors (Lipinski definition) is 3. The predicted molar refractivity (Wildman–Crippen MR) is 82.9 cm³/mol. The SMILES string of the molecule is Cc1c(Cl)nnc(N2CCCCc3ccccc32)c1C. The molecule has 0 aliphatic carbocycles. The molecule has 2 aromatic rings. The van der Waals surface area contributed by atoms with Gasteiger partial charge in [0.05, 0.1) is 0 Å². The van der Waals surface area contributed by atoms with E-state index < -0.39 is 0 Å². The molecular weight excluding hydrogens is 270 g/mol. The Labute approximate surface area is 124 Å². The minimum atomic E-state index is 0.495. The van der Waals surface area contributed by atoms with Crippen molar-refractivity contribution in [1.29, 1.82) is 0 Å². The summed E-state index contributed by atoms with van der Waals surface area (Å²) in [5, 5.41) is 8.93. The molecule has 1 aliphatic heterocycles. The van der Waals surface area contributed by atoms with Gasteiger partial charge in [0.2, 0.25) is 0 Å². The van der Waals surface area contributed by atoms with E-state index in [0.717, 1.165) is 36.3 Å². The summed E-state index contributed by atoms with van der Waals surface area (Å²) in [7, 11) is 0. The van der Waals surface area contributed by atoms with Crippen molar-refractivity contribution in [3.8, 4) is 0 Å². The van der Waals surface area contributed by atoms with Crippen molar-refractivity contribution >= 4 is 23.1 Å². The zero-order valence-corrected chi connectivity index (χ0v) is 12.6. The molecule has 3 nitrogen and oxygen atoms in total. The van der Waals surface area contributed by atoms with Gasteiger partial charge in [-0.1, -0.05) is 29.8 Å². The normalized spacial score (nSPS) is 14.8. The number of nitrogens with zero attached hydrogens (tertiary/aromatic N) is 3. The molecule has 1 aromatic carbocycles. The van der Waals surface area contributed by atoms with Crippen LogP contribution in [0, 0.1) is 13.8 Å². The number of benzene rings is 1. The predicted octanol–water partition coefficient (Wildman–Crippen LogP) is 4.22. The fourth-order valence-corrected chi connectivity index (χ4v) is 2.91. The summed E-state index contributed by atoms with van der Waals surface area (Å²) in [5.41, 5.74) is 4.77. The Kier molecular flexibility index (Phi) is 3.62. The summed E-state index contributed by atoms with van der Waals surface area (Å²) >= 11 is 6.07. The third-order valence-electron chi connectivity index (χ3n) is 4.06. The Bertz CT molecular complexity index is 640. The maximum absolute atomic E-state index is 6.07. The van der Waals surface area contributed by atoms with Crippen LogP contribution in [0.1, 0.15) is 29.5 Å². The maximum Gasteiger partial charge on any atom is 0.159 e. The highest BCUT2D eigenvalue weighted by atomic mass is 35.5. The van der Waals surface area contributed by atoms with E-state index in [4.69, 9.17) is 11.6 Å². The van der Waals surface area contributed by atoms with E-state index in [1.165, 1.54) is 17.7 Å². The number of para-hydroxylation sites is 1. The van der Waals surface area contributed by atoms with Gasteiger partial charge in [-0.3, -0.25) is 0 Å². The number of halogens is 1. The number of aryl methyl sites for hydroxylation is 1. The van der Waals surface area contributed by atoms with E-state index in [1.807, 2.05) is 6.92 Å². The molecule has 2 heterocycles. The first-order chi connectivity index (χ1) is 9.68. The van der Waals surface area contributed by atoms with Crippen molar-refractivity contribution in [1.82, 2.24) is 10.2 Å². The lowest BCUT2D eigenvalue weighted by molar-refractivity contribution is 0.752. The molecule has 0 saturated heterocycles. The van der Waals surface area contributed by atoms with Crippen molar-refractivity contribution in [2.75, 3.05) is 11.4 Å². The zero-order valence-electron chi connectivity index (χ0n) is 11.9. The number of rotatable bonds is 1. The zero-order chi connectivity index (χ0) is 14.1. The van der Waals surface area contributed by atoms with Gasteiger partial charge in [0, 0.05) is 12.2 Å². The van der Waals surface area contributed by atoms with Gasteiger partial charge >= 0.3 is 0 Å². The van der Waals surface area contributed by atoms with Crippen molar-refractivity contribution in [3.63, 3.8) is 0 Å². The first kappa shape index (κ1) is 13.4. The molecular formula is C16H18ClN3. The van der Waals surface area contributed by atoms with Crippen LogP contribution in [0.3, 0.4) is 0 Å². The van der Waals surface area contributed by atoms with Crippen molar-refractivity contribution < 1.29 is 0 Å². The molecule has 1 aromatic heterocycles. The van der Waals surface area contributed by atoms with Crippen LogP contribution in [0.4, 0.5) is 11.5 Å². The van der Waals surface area contributed by atoms with Crippen LogP contribution >= 0.6 is 11.6 Å². The third-order valence-corrected chi connectivity index (χ3v) is 4.41. The standard InChI is InChI=1S/C16H18ClN3/c1-11-12(2)16(19-18-15(11)17)20-10-6-5-8-13-7-3-4-9-14(13)20/h3-4,7,9H,5-6,8,10H2,1-2H3. The number of hydrogen-bond donors (Lipinski definition) is 0. The molecule has 0 atom stereocenters. The van der Waals surface area contributed by atoms with Gasteiger partial charge < -0.3 is 4.90 Å². The summed E-state index contributed by atoms with van der Waals surface area (Å²) in [4.78, 5) is 2.29.